The number of fused-ring (bicyclic) bond motifs is 2. The number of hydrogen-bond donors (Lipinski definition) is 0. The topological polar surface area (TPSA) is 134 Å². The summed E-state index contributed by atoms with van der Waals surface area (Å²) in [6.45, 7) is -0.117. The Bertz CT molecular complexity index is 2240. The van der Waals surface area contributed by atoms with Crippen molar-refractivity contribution < 1.29 is 31.5 Å². The third-order valence-electron chi connectivity index (χ3n) is 9.44. The second-order valence-corrected chi connectivity index (χ2v) is 14.2. The molecule has 258 valence electrons. The molecule has 0 amide bonds. The molecule has 0 bridgehead atoms. The average molecular weight is 702 g/mol. The second kappa shape index (κ2) is 12.9. The molecule has 1 fully saturated rings. The molecule has 0 N–H and O–H groups in total. The lowest BCUT2D eigenvalue weighted by molar-refractivity contribution is 0.0732. The van der Waals surface area contributed by atoms with E-state index in [0.29, 0.717) is 35.6 Å². The first-order valence-corrected chi connectivity index (χ1v) is 17.2. The Hall–Kier alpha value is -5.28. The van der Waals surface area contributed by atoms with Gasteiger partial charge in [-0.25, -0.2) is 26.9 Å². The van der Waals surface area contributed by atoms with Gasteiger partial charge in [-0.1, -0.05) is 11.6 Å². The maximum absolute atomic E-state index is 14.7. The van der Waals surface area contributed by atoms with Crippen LogP contribution in [0.4, 0.5) is 8.78 Å². The number of pyridine rings is 1. The Morgan fingerprint density at radius 1 is 1.04 bits per heavy atom. The molecule has 0 spiro atoms. The van der Waals surface area contributed by atoms with Gasteiger partial charge in [-0.15, -0.1) is 5.10 Å². The first-order valence-electron chi connectivity index (χ1n) is 15.8. The number of nitrogens with zero attached hydrogens (tertiary/aromatic N) is 7. The van der Waals surface area contributed by atoms with E-state index >= 15 is 0 Å². The monoisotopic (exact) mass is 701 g/mol. The van der Waals surface area contributed by atoms with Crippen LogP contribution in [0.5, 0.6) is 11.5 Å². The molecule has 7 rings (SSSR count). The van der Waals surface area contributed by atoms with E-state index in [2.05, 4.69) is 20.2 Å². The van der Waals surface area contributed by atoms with Crippen molar-refractivity contribution in [2.24, 2.45) is 12.5 Å². The molecule has 2 atom stereocenters. The summed E-state index contributed by atoms with van der Waals surface area (Å²) < 4.78 is 72.4. The minimum absolute atomic E-state index is 0.0571. The Labute approximate surface area is 287 Å². The number of ketones is 1. The molecule has 3 heterocycles. The fourth-order valence-corrected chi connectivity index (χ4v) is 8.50. The van der Waals surface area contributed by atoms with Gasteiger partial charge in [-0.3, -0.25) is 14.5 Å². The smallest absolute Gasteiger partial charge is 0.282 e. The van der Waals surface area contributed by atoms with Crippen molar-refractivity contribution in [2.45, 2.75) is 43.4 Å². The molecule has 12 nitrogen and oxygen atoms in total. The van der Waals surface area contributed by atoms with Crippen LogP contribution in [-0.4, -0.2) is 68.3 Å². The Morgan fingerprint density at radius 2 is 1.84 bits per heavy atom. The van der Waals surface area contributed by atoms with E-state index in [1.54, 1.807) is 48.3 Å². The lowest BCUT2D eigenvalue weighted by Crippen LogP contribution is -2.50. The van der Waals surface area contributed by atoms with Crippen LogP contribution in [0.15, 0.2) is 84.0 Å². The zero-order valence-corrected chi connectivity index (χ0v) is 28.3. The Kier molecular flexibility index (Phi) is 8.56. The predicted molar refractivity (Wildman–Crippen MR) is 177 cm³/mol. The molecule has 5 aromatic rings. The number of aromatic nitrogens is 6. The molecule has 3 aromatic heterocycles. The summed E-state index contributed by atoms with van der Waals surface area (Å²) in [5.41, 5.74) is 2.04. The SMILES string of the molecule is COc1ccc(CN([C@H]2CCC3=Cc4c(cnn4-c4ccc(F)cc4)C[C@]3(C(=O)c3cc(F)ccn3)C2)S(=O)(=O)c2ncn(C)n2)c(OC)c1. The van der Waals surface area contributed by atoms with Crippen molar-refractivity contribution >= 4 is 21.9 Å². The molecule has 0 saturated heterocycles. The molecule has 1 saturated carbocycles. The molecule has 0 radical (unpaired) electrons. The molecule has 2 aliphatic rings. The quantitative estimate of drug-likeness (QED) is 0.186. The van der Waals surface area contributed by atoms with Gasteiger partial charge in [0.2, 0.25) is 0 Å². The van der Waals surface area contributed by atoms with Crippen LogP contribution in [0.3, 0.4) is 0 Å². The van der Waals surface area contributed by atoms with E-state index in [1.807, 2.05) is 6.08 Å². The predicted octanol–water partition coefficient (Wildman–Crippen LogP) is 4.94. The zero-order valence-electron chi connectivity index (χ0n) is 27.5. The summed E-state index contributed by atoms with van der Waals surface area (Å²) >= 11 is 0. The van der Waals surface area contributed by atoms with Crippen molar-refractivity contribution in [1.29, 1.82) is 0 Å². The highest BCUT2D eigenvalue weighted by Gasteiger charge is 2.52. The number of benzene rings is 2. The van der Waals surface area contributed by atoms with E-state index < -0.39 is 33.1 Å². The Morgan fingerprint density at radius 3 is 2.54 bits per heavy atom. The number of halogens is 2. The highest BCUT2D eigenvalue weighted by molar-refractivity contribution is 7.88. The summed E-state index contributed by atoms with van der Waals surface area (Å²) in [5, 5.41) is 8.32. The van der Waals surface area contributed by atoms with Gasteiger partial charge in [0.1, 0.15) is 35.2 Å². The first-order chi connectivity index (χ1) is 24.0. The first kappa shape index (κ1) is 33.2. The number of carbonyl (C=O) groups excluding carboxylic acids is 1. The van der Waals surface area contributed by atoms with Crippen LogP contribution in [0.2, 0.25) is 0 Å². The fraction of sp³-hybridized carbons (Fsp3) is 0.286. The number of Topliss-reactive ketones (excluding diaryl/α,β-unsaturated/α-hetero) is 1. The number of sulfonamides is 1. The maximum atomic E-state index is 14.7. The van der Waals surface area contributed by atoms with Crippen molar-refractivity contribution in [1.82, 2.24) is 33.8 Å². The van der Waals surface area contributed by atoms with Crippen LogP contribution in [-0.2, 0) is 30.0 Å². The maximum Gasteiger partial charge on any atom is 0.282 e. The lowest BCUT2D eigenvalue weighted by Gasteiger charge is -2.46. The van der Waals surface area contributed by atoms with Gasteiger partial charge in [0.25, 0.3) is 15.2 Å². The minimum atomic E-state index is -4.33. The number of carbonyl (C=O) groups is 1. The fourth-order valence-electron chi connectivity index (χ4n) is 6.99. The summed E-state index contributed by atoms with van der Waals surface area (Å²) in [6.07, 6.45) is 6.99. The highest BCUT2D eigenvalue weighted by atomic mass is 32.2. The molecule has 2 aliphatic carbocycles. The van der Waals surface area contributed by atoms with Gasteiger partial charge in [-0.05, 0) is 73.7 Å². The van der Waals surface area contributed by atoms with E-state index in [0.717, 1.165) is 29.0 Å². The summed E-state index contributed by atoms with van der Waals surface area (Å²) in [7, 11) is 0.257. The van der Waals surface area contributed by atoms with Crippen molar-refractivity contribution in [2.75, 3.05) is 14.2 Å². The van der Waals surface area contributed by atoms with E-state index in [-0.39, 0.29) is 36.1 Å². The number of allylic oxidation sites excluding steroid dienone is 1. The number of rotatable bonds is 10. The summed E-state index contributed by atoms with van der Waals surface area (Å²) in [4.78, 5) is 23.0. The number of hydrogen-bond acceptors (Lipinski definition) is 9. The second-order valence-electron chi connectivity index (χ2n) is 12.4. The Balaban J connectivity index is 1.34. The van der Waals surface area contributed by atoms with Gasteiger partial charge in [0.15, 0.2) is 5.78 Å². The van der Waals surface area contributed by atoms with Gasteiger partial charge in [0, 0.05) is 43.5 Å². The van der Waals surface area contributed by atoms with Gasteiger partial charge in [0.05, 0.1) is 37.2 Å². The average Bonchev–Trinajstić information content (AvgIpc) is 3.75. The molecule has 50 heavy (non-hydrogen) atoms. The summed E-state index contributed by atoms with van der Waals surface area (Å²) in [6, 6.07) is 12.6. The van der Waals surface area contributed by atoms with E-state index in [9.17, 15) is 22.0 Å². The van der Waals surface area contributed by atoms with Gasteiger partial charge >= 0.3 is 0 Å². The van der Waals surface area contributed by atoms with E-state index in [1.165, 1.54) is 47.9 Å². The molecule has 2 aromatic carbocycles. The number of ether oxygens (including phenoxy) is 2. The van der Waals surface area contributed by atoms with Crippen LogP contribution in [0.1, 0.15) is 46.6 Å². The van der Waals surface area contributed by atoms with Crippen molar-refractivity contribution in [3.05, 3.63) is 113 Å². The van der Waals surface area contributed by atoms with Gasteiger partial charge < -0.3 is 9.47 Å². The minimum Gasteiger partial charge on any atom is -0.497 e. The molecular formula is C35H33F2N7O5S. The molecule has 0 unspecified atom stereocenters. The van der Waals surface area contributed by atoms with Crippen LogP contribution < -0.4 is 9.47 Å². The third-order valence-corrected chi connectivity index (χ3v) is 11.1. The largest absolute Gasteiger partial charge is 0.497 e. The van der Waals surface area contributed by atoms with Crippen molar-refractivity contribution in [3.8, 4) is 17.2 Å². The third kappa shape index (κ3) is 5.85. The van der Waals surface area contributed by atoms with E-state index in [4.69, 9.17) is 9.47 Å². The van der Waals surface area contributed by atoms with Crippen LogP contribution >= 0.6 is 0 Å². The number of methoxy groups -OCH3 is 2. The summed E-state index contributed by atoms with van der Waals surface area (Å²) in [5.74, 6) is -0.476. The molecule has 0 aliphatic heterocycles. The standard InChI is InChI=1S/C35H33F2N7O5S/c1-42-21-39-34(41-42)50(46,47)43(20-22-4-11-29(48-2)16-32(22)49-3)28-8-5-24-14-31-23(19-40-44(31)27-9-6-25(36)7-10-27)17-35(24,18-28)33(45)30-15-26(37)12-13-38-30/h4,6-7,9-16,19,21,28H,5,8,17-18,20H2,1-3H3/t28-,35-/m0/s1. The number of aryl methyl sites for hydroxylation is 1. The zero-order chi connectivity index (χ0) is 35.2. The van der Waals surface area contributed by atoms with Crippen LogP contribution in [0.25, 0.3) is 11.8 Å². The lowest BCUT2D eigenvalue weighted by atomic mass is 9.60. The van der Waals surface area contributed by atoms with Gasteiger partial charge in [-0.2, -0.15) is 9.40 Å². The highest BCUT2D eigenvalue weighted by Crippen LogP contribution is 2.51. The molecular weight excluding hydrogens is 668 g/mol. The normalized spacial score (nSPS) is 18.7. The molecule has 15 heteroatoms. The van der Waals surface area contributed by atoms with Crippen LogP contribution in [0, 0.1) is 17.0 Å². The van der Waals surface area contributed by atoms with Crippen molar-refractivity contribution in [3.63, 3.8) is 0 Å².